The molecule has 3 aromatic rings. The molecule has 0 saturated carbocycles. The monoisotopic (exact) mass is 541 g/mol. The highest BCUT2D eigenvalue weighted by molar-refractivity contribution is 7.92. The van der Waals surface area contributed by atoms with Gasteiger partial charge in [0.25, 0.3) is 10.0 Å². The molecule has 0 N–H and O–H groups in total. The van der Waals surface area contributed by atoms with Gasteiger partial charge in [0.15, 0.2) is 11.5 Å². The van der Waals surface area contributed by atoms with E-state index in [0.717, 1.165) is 33.5 Å². The number of piperazine rings is 1. The number of carbonyl (C=O) groups is 1. The Kier molecular flexibility index (Phi) is 7.28. The standard InChI is InChI=1S/C27H28ClN3O5S/c1-20-2-9-24(10-3-20)37(33,34)31(23-7-5-22(28)6-8-23)18-27(32)30-14-12-29(13-15-30)17-21-4-11-25-26(16-21)36-19-35-25/h2-11,16H,12-15,17-19H2,1H3. The van der Waals surface area contributed by atoms with Gasteiger partial charge in [0, 0.05) is 37.7 Å². The summed E-state index contributed by atoms with van der Waals surface area (Å²) >= 11 is 6.03. The second-order valence-electron chi connectivity index (χ2n) is 9.15. The van der Waals surface area contributed by atoms with E-state index in [0.29, 0.717) is 36.9 Å². The second kappa shape index (κ2) is 10.6. The largest absolute Gasteiger partial charge is 0.454 e. The highest BCUT2D eigenvalue weighted by Crippen LogP contribution is 2.33. The molecule has 1 saturated heterocycles. The number of hydrogen-bond acceptors (Lipinski definition) is 6. The lowest BCUT2D eigenvalue weighted by Crippen LogP contribution is -2.51. The van der Waals surface area contributed by atoms with Gasteiger partial charge in [0.05, 0.1) is 10.6 Å². The number of benzene rings is 3. The number of aryl methyl sites for hydroxylation is 1. The Bertz CT molecular complexity index is 1370. The highest BCUT2D eigenvalue weighted by atomic mass is 35.5. The molecule has 5 rings (SSSR count). The molecule has 0 aliphatic carbocycles. The first-order valence-corrected chi connectivity index (χ1v) is 13.8. The fraction of sp³-hybridized carbons (Fsp3) is 0.296. The predicted octanol–water partition coefficient (Wildman–Crippen LogP) is 3.92. The molecule has 8 nitrogen and oxygen atoms in total. The fourth-order valence-electron chi connectivity index (χ4n) is 4.44. The highest BCUT2D eigenvalue weighted by Gasteiger charge is 2.30. The van der Waals surface area contributed by atoms with Crippen LogP contribution in [0, 0.1) is 6.92 Å². The van der Waals surface area contributed by atoms with Gasteiger partial charge in [-0.05, 0) is 61.0 Å². The molecular weight excluding hydrogens is 514 g/mol. The van der Waals surface area contributed by atoms with Crippen molar-refractivity contribution in [3.05, 3.63) is 82.9 Å². The van der Waals surface area contributed by atoms with Gasteiger partial charge in [-0.25, -0.2) is 8.42 Å². The van der Waals surface area contributed by atoms with Crippen LogP contribution >= 0.6 is 11.6 Å². The zero-order valence-electron chi connectivity index (χ0n) is 20.5. The summed E-state index contributed by atoms with van der Waals surface area (Å²) in [7, 11) is -3.96. The molecule has 3 aromatic carbocycles. The first kappa shape index (κ1) is 25.4. The summed E-state index contributed by atoms with van der Waals surface area (Å²) in [5.74, 6) is 1.27. The summed E-state index contributed by atoms with van der Waals surface area (Å²) in [6.07, 6.45) is 0. The topological polar surface area (TPSA) is 79.4 Å². The number of nitrogens with zero attached hydrogens (tertiary/aromatic N) is 3. The molecule has 37 heavy (non-hydrogen) atoms. The van der Waals surface area contributed by atoms with E-state index >= 15 is 0 Å². The number of amides is 1. The number of fused-ring (bicyclic) bond motifs is 1. The fourth-order valence-corrected chi connectivity index (χ4v) is 5.98. The van der Waals surface area contributed by atoms with E-state index < -0.39 is 10.0 Å². The van der Waals surface area contributed by atoms with E-state index in [4.69, 9.17) is 21.1 Å². The van der Waals surface area contributed by atoms with E-state index in [1.54, 1.807) is 53.4 Å². The minimum atomic E-state index is -3.96. The van der Waals surface area contributed by atoms with Gasteiger partial charge in [-0.3, -0.25) is 14.0 Å². The van der Waals surface area contributed by atoms with Crippen LogP contribution in [-0.2, 0) is 21.4 Å². The van der Waals surface area contributed by atoms with E-state index in [1.165, 1.54) is 0 Å². The van der Waals surface area contributed by atoms with Crippen LogP contribution in [0.2, 0.25) is 5.02 Å². The van der Waals surface area contributed by atoms with Crippen LogP contribution in [0.5, 0.6) is 11.5 Å². The maximum absolute atomic E-state index is 13.6. The molecule has 2 heterocycles. The Morgan fingerprint density at radius 1 is 0.919 bits per heavy atom. The third-order valence-electron chi connectivity index (χ3n) is 6.57. The van der Waals surface area contributed by atoms with Crippen molar-refractivity contribution in [1.29, 1.82) is 0 Å². The van der Waals surface area contributed by atoms with E-state index in [2.05, 4.69) is 4.90 Å². The van der Waals surface area contributed by atoms with Gasteiger partial charge < -0.3 is 14.4 Å². The van der Waals surface area contributed by atoms with Gasteiger partial charge in [-0.1, -0.05) is 35.4 Å². The molecule has 10 heteroatoms. The quantitative estimate of drug-likeness (QED) is 0.451. The number of hydrogen-bond donors (Lipinski definition) is 0. The van der Waals surface area contributed by atoms with Crippen molar-refractivity contribution < 1.29 is 22.7 Å². The van der Waals surface area contributed by atoms with Crippen molar-refractivity contribution >= 4 is 33.2 Å². The van der Waals surface area contributed by atoms with Crippen LogP contribution < -0.4 is 13.8 Å². The van der Waals surface area contributed by atoms with Crippen molar-refractivity contribution in [3.8, 4) is 11.5 Å². The average Bonchev–Trinajstić information content (AvgIpc) is 3.36. The molecular formula is C27H28ClN3O5S. The maximum Gasteiger partial charge on any atom is 0.264 e. The Morgan fingerprint density at radius 2 is 1.59 bits per heavy atom. The van der Waals surface area contributed by atoms with Gasteiger partial charge >= 0.3 is 0 Å². The van der Waals surface area contributed by atoms with E-state index in [9.17, 15) is 13.2 Å². The number of ether oxygens (including phenoxy) is 2. The SMILES string of the molecule is Cc1ccc(S(=O)(=O)N(CC(=O)N2CCN(Cc3ccc4c(c3)OCO4)CC2)c2ccc(Cl)cc2)cc1. The molecule has 0 bridgehead atoms. The number of rotatable bonds is 7. The van der Waals surface area contributed by atoms with Gasteiger partial charge in [-0.15, -0.1) is 0 Å². The molecule has 1 amide bonds. The average molecular weight is 542 g/mol. The van der Waals surface area contributed by atoms with Crippen LogP contribution in [0.25, 0.3) is 0 Å². The summed E-state index contributed by atoms with van der Waals surface area (Å²) in [5, 5.41) is 0.487. The number of carbonyl (C=O) groups excluding carboxylic acids is 1. The second-order valence-corrected chi connectivity index (χ2v) is 11.4. The molecule has 0 unspecified atom stereocenters. The third kappa shape index (κ3) is 5.69. The maximum atomic E-state index is 13.6. The Morgan fingerprint density at radius 3 is 2.30 bits per heavy atom. The molecule has 0 aromatic heterocycles. The summed E-state index contributed by atoms with van der Waals surface area (Å²) in [5.41, 5.74) is 2.45. The molecule has 1 fully saturated rings. The van der Waals surface area contributed by atoms with E-state index in [1.807, 2.05) is 25.1 Å². The minimum Gasteiger partial charge on any atom is -0.454 e. The van der Waals surface area contributed by atoms with Crippen LogP contribution in [0.15, 0.2) is 71.6 Å². The van der Waals surface area contributed by atoms with E-state index in [-0.39, 0.29) is 24.1 Å². The first-order valence-electron chi connectivity index (χ1n) is 12.0. The molecule has 0 radical (unpaired) electrons. The lowest BCUT2D eigenvalue weighted by molar-refractivity contribution is -0.131. The molecule has 194 valence electrons. The molecule has 0 spiro atoms. The van der Waals surface area contributed by atoms with Gasteiger partial charge in [0.1, 0.15) is 6.54 Å². The number of anilines is 1. The van der Waals surface area contributed by atoms with Crippen molar-refractivity contribution in [3.63, 3.8) is 0 Å². The van der Waals surface area contributed by atoms with Gasteiger partial charge in [-0.2, -0.15) is 0 Å². The van der Waals surface area contributed by atoms with Crippen molar-refractivity contribution in [1.82, 2.24) is 9.80 Å². The molecule has 2 aliphatic rings. The lowest BCUT2D eigenvalue weighted by Gasteiger charge is -2.36. The number of sulfonamides is 1. The summed E-state index contributed by atoms with van der Waals surface area (Å²) in [6, 6.07) is 19.0. The van der Waals surface area contributed by atoms with Crippen LogP contribution in [0.3, 0.4) is 0 Å². The number of halogens is 1. The van der Waals surface area contributed by atoms with Crippen molar-refractivity contribution in [2.24, 2.45) is 0 Å². The Balaban J connectivity index is 1.27. The van der Waals surface area contributed by atoms with Crippen molar-refractivity contribution in [2.75, 3.05) is 43.8 Å². The summed E-state index contributed by atoms with van der Waals surface area (Å²) in [6.45, 7) is 4.98. The van der Waals surface area contributed by atoms with Crippen LogP contribution in [0.1, 0.15) is 11.1 Å². The van der Waals surface area contributed by atoms with Crippen LogP contribution in [0.4, 0.5) is 5.69 Å². The Hall–Kier alpha value is -3.27. The van der Waals surface area contributed by atoms with Crippen molar-refractivity contribution in [2.45, 2.75) is 18.4 Å². The van der Waals surface area contributed by atoms with Crippen LogP contribution in [-0.4, -0.2) is 63.6 Å². The lowest BCUT2D eigenvalue weighted by atomic mass is 10.1. The smallest absolute Gasteiger partial charge is 0.264 e. The summed E-state index contributed by atoms with van der Waals surface area (Å²) in [4.78, 5) is 17.4. The zero-order valence-corrected chi connectivity index (χ0v) is 22.0. The van der Waals surface area contributed by atoms with Gasteiger partial charge in [0.2, 0.25) is 12.7 Å². The normalized spacial score (nSPS) is 15.6. The molecule has 0 atom stereocenters. The first-order chi connectivity index (χ1) is 17.8. The minimum absolute atomic E-state index is 0.134. The summed E-state index contributed by atoms with van der Waals surface area (Å²) < 4.78 is 39.2. The molecule has 2 aliphatic heterocycles. The predicted molar refractivity (Wildman–Crippen MR) is 142 cm³/mol. The third-order valence-corrected chi connectivity index (χ3v) is 8.61. The Labute approximate surface area is 222 Å². The zero-order chi connectivity index (χ0) is 26.0.